The van der Waals surface area contributed by atoms with Gasteiger partial charge >= 0.3 is 5.97 Å². The topological polar surface area (TPSA) is 151 Å². The van der Waals surface area contributed by atoms with Crippen LogP contribution in [0.5, 0.6) is 0 Å². The summed E-state index contributed by atoms with van der Waals surface area (Å²) >= 11 is 3.88. The van der Waals surface area contributed by atoms with Crippen LogP contribution in [0.1, 0.15) is 11.4 Å². The molecular formula is C20H21N6O5S3+. The molecule has 2 amide bonds. The summed E-state index contributed by atoms with van der Waals surface area (Å²) in [5, 5.41) is 18.0. The van der Waals surface area contributed by atoms with E-state index >= 15 is 0 Å². The van der Waals surface area contributed by atoms with Crippen molar-refractivity contribution >= 4 is 63.5 Å². The highest BCUT2D eigenvalue weighted by Crippen LogP contribution is 2.44. The molecule has 0 aromatic carbocycles. The van der Waals surface area contributed by atoms with Crippen molar-refractivity contribution in [2.75, 3.05) is 18.6 Å². The maximum Gasteiger partial charge on any atom is 0.354 e. The number of thioether (sulfide) groups is 2. The highest BCUT2D eigenvalue weighted by molar-refractivity contribution is 8.22. The number of carbonyl (C=O) groups excluding carboxylic acids is 2. The standard InChI is InChI=1S/C20H20N6O5S3/c1-25-6-4-3-5-10(25)7-32-19-15(18(29)30)26-12(9-33-19)14(17(26)28)23-16(27)13(24-31-2)11-8-34-20(21)22-11/h3-6,8,12,14H,7,9H2,1-2H3,(H3-,21,22,23,27,29,30)/p+1. The molecule has 34 heavy (non-hydrogen) atoms. The Kier molecular flexibility index (Phi) is 7.09. The summed E-state index contributed by atoms with van der Waals surface area (Å²) < 4.78 is 2.52. The van der Waals surface area contributed by atoms with E-state index in [4.69, 9.17) is 10.6 Å². The van der Waals surface area contributed by atoms with Crippen molar-refractivity contribution < 1.29 is 28.9 Å². The lowest BCUT2D eigenvalue weighted by molar-refractivity contribution is -0.678. The average molecular weight is 522 g/mol. The van der Waals surface area contributed by atoms with Crippen LogP contribution in [0.3, 0.4) is 0 Å². The highest BCUT2D eigenvalue weighted by Gasteiger charge is 2.54. The summed E-state index contributed by atoms with van der Waals surface area (Å²) in [4.78, 5) is 47.9. The molecule has 1 fully saturated rings. The van der Waals surface area contributed by atoms with E-state index in [0.717, 1.165) is 17.0 Å². The molecule has 2 atom stereocenters. The lowest BCUT2D eigenvalue weighted by Crippen LogP contribution is -2.72. The molecule has 11 nitrogen and oxygen atoms in total. The van der Waals surface area contributed by atoms with E-state index in [2.05, 4.69) is 15.5 Å². The van der Waals surface area contributed by atoms with Crippen molar-refractivity contribution in [3.8, 4) is 0 Å². The fraction of sp³-hybridized carbons (Fsp3) is 0.300. The molecule has 0 bridgehead atoms. The van der Waals surface area contributed by atoms with Gasteiger partial charge in [-0.15, -0.1) is 34.9 Å². The molecule has 2 aromatic heterocycles. The van der Waals surface area contributed by atoms with Crippen molar-refractivity contribution in [2.45, 2.75) is 17.8 Å². The minimum absolute atomic E-state index is 0.0570. The summed E-state index contributed by atoms with van der Waals surface area (Å²) in [7, 11) is 3.20. The number of aryl methyl sites for hydroxylation is 1. The van der Waals surface area contributed by atoms with Gasteiger partial charge in [0.1, 0.15) is 25.9 Å². The molecule has 0 saturated carbocycles. The van der Waals surface area contributed by atoms with Gasteiger partial charge in [-0.25, -0.2) is 14.3 Å². The van der Waals surface area contributed by atoms with E-state index in [1.165, 1.54) is 35.5 Å². The van der Waals surface area contributed by atoms with Gasteiger partial charge in [0.2, 0.25) is 0 Å². The molecule has 4 rings (SSSR count). The van der Waals surface area contributed by atoms with Crippen molar-refractivity contribution in [1.29, 1.82) is 0 Å². The van der Waals surface area contributed by atoms with Gasteiger partial charge in [-0.3, -0.25) is 14.5 Å². The van der Waals surface area contributed by atoms with Crippen LogP contribution in [0.25, 0.3) is 0 Å². The first-order valence-corrected chi connectivity index (χ1v) is 12.8. The van der Waals surface area contributed by atoms with E-state index in [9.17, 15) is 19.5 Å². The number of carbonyl (C=O) groups is 3. The number of thiazole rings is 1. The smallest absolute Gasteiger partial charge is 0.354 e. The maximum absolute atomic E-state index is 12.9. The summed E-state index contributed by atoms with van der Waals surface area (Å²) in [6, 6.07) is 4.41. The predicted octanol–water partition coefficient (Wildman–Crippen LogP) is 0.530. The van der Waals surface area contributed by atoms with Gasteiger partial charge in [0.05, 0.1) is 16.0 Å². The second-order valence-corrected chi connectivity index (χ2v) is 10.4. The van der Waals surface area contributed by atoms with Gasteiger partial charge < -0.3 is 21.0 Å². The van der Waals surface area contributed by atoms with Crippen LogP contribution < -0.4 is 15.6 Å². The number of carboxylic acids is 1. The van der Waals surface area contributed by atoms with Crippen LogP contribution in [-0.4, -0.2) is 63.4 Å². The lowest BCUT2D eigenvalue weighted by atomic mass is 9.95. The van der Waals surface area contributed by atoms with Crippen LogP contribution in [0.4, 0.5) is 5.13 Å². The Morgan fingerprint density at radius 1 is 1.47 bits per heavy atom. The minimum atomic E-state index is -1.19. The molecule has 2 aromatic rings. The molecule has 2 aliphatic heterocycles. The van der Waals surface area contributed by atoms with Crippen molar-refractivity contribution in [1.82, 2.24) is 15.2 Å². The fourth-order valence-electron chi connectivity index (χ4n) is 3.53. The average Bonchev–Trinajstić information content (AvgIpc) is 3.25. The predicted molar refractivity (Wildman–Crippen MR) is 129 cm³/mol. The number of aromatic nitrogens is 2. The number of aliphatic carboxylic acids is 1. The van der Waals surface area contributed by atoms with E-state index in [1.54, 1.807) is 5.38 Å². The van der Waals surface area contributed by atoms with Crippen LogP contribution >= 0.6 is 34.9 Å². The normalized spacial score (nSPS) is 20.0. The van der Waals surface area contributed by atoms with E-state index < -0.39 is 29.9 Å². The molecule has 2 aliphatic rings. The Morgan fingerprint density at radius 2 is 2.26 bits per heavy atom. The van der Waals surface area contributed by atoms with Crippen molar-refractivity contribution in [3.63, 3.8) is 0 Å². The van der Waals surface area contributed by atoms with Gasteiger partial charge in [0.15, 0.2) is 28.4 Å². The molecule has 0 aliphatic carbocycles. The Balaban J connectivity index is 1.50. The highest BCUT2D eigenvalue weighted by atomic mass is 32.2. The largest absolute Gasteiger partial charge is 0.477 e. The van der Waals surface area contributed by atoms with E-state index in [0.29, 0.717) is 15.7 Å². The zero-order chi connectivity index (χ0) is 24.4. The Hall–Kier alpha value is -3.10. The van der Waals surface area contributed by atoms with Crippen LogP contribution in [-0.2, 0) is 32.0 Å². The molecule has 2 unspecified atom stereocenters. The molecule has 4 heterocycles. The number of β-lactam (4-membered cyclic amide) rings is 1. The summed E-state index contributed by atoms with van der Waals surface area (Å²) in [6.07, 6.45) is 1.92. The quantitative estimate of drug-likeness (QED) is 0.196. The number of oxime groups is 1. The van der Waals surface area contributed by atoms with Crippen LogP contribution in [0.15, 0.2) is 44.9 Å². The third-order valence-electron chi connectivity index (χ3n) is 5.20. The van der Waals surface area contributed by atoms with Gasteiger partial charge in [0.25, 0.3) is 11.8 Å². The Bertz CT molecular complexity index is 1210. The van der Waals surface area contributed by atoms with Crippen molar-refractivity contribution in [2.24, 2.45) is 12.2 Å². The summed E-state index contributed by atoms with van der Waals surface area (Å²) in [5.74, 6) is -1.34. The second kappa shape index (κ2) is 10.0. The molecule has 0 radical (unpaired) electrons. The number of nitrogens with two attached hydrogens (primary N) is 1. The molecule has 4 N–H and O–H groups in total. The molecule has 0 spiro atoms. The number of hydrogen-bond donors (Lipinski definition) is 3. The zero-order valence-corrected chi connectivity index (χ0v) is 20.6. The summed E-state index contributed by atoms with van der Waals surface area (Å²) in [5.41, 5.74) is 6.70. The minimum Gasteiger partial charge on any atom is -0.477 e. The first-order valence-electron chi connectivity index (χ1n) is 9.95. The van der Waals surface area contributed by atoms with Gasteiger partial charge in [0, 0.05) is 23.3 Å². The first kappa shape index (κ1) is 24.0. The lowest BCUT2D eigenvalue weighted by Gasteiger charge is -2.49. The number of carboxylic acid groups (broad SMARTS) is 1. The monoisotopic (exact) mass is 521 g/mol. The number of fused-ring (bicyclic) bond motifs is 1. The van der Waals surface area contributed by atoms with Gasteiger partial charge in [-0.05, 0) is 0 Å². The first-order chi connectivity index (χ1) is 16.3. The number of amides is 2. The number of nitrogens with one attached hydrogen (secondary N) is 1. The molecule has 1 saturated heterocycles. The third kappa shape index (κ3) is 4.60. The number of hydrogen-bond acceptors (Lipinski definition) is 10. The number of anilines is 1. The van der Waals surface area contributed by atoms with Crippen LogP contribution in [0, 0.1) is 0 Å². The SMILES string of the molecule is CON=C(C(=O)NC1C(=O)N2C(C(=O)O)=C(SCc3cccc[n+]3C)SCC12)c1csc(N)n1. The molecule has 14 heteroatoms. The van der Waals surface area contributed by atoms with Gasteiger partial charge in [-0.2, -0.15) is 0 Å². The molecule has 178 valence electrons. The number of nitrogens with zero attached hydrogens (tertiary/aromatic N) is 4. The number of pyridine rings is 1. The van der Waals surface area contributed by atoms with Crippen molar-refractivity contribution in [3.05, 3.63) is 51.1 Å². The number of nitrogen functional groups attached to an aromatic ring is 1. The zero-order valence-electron chi connectivity index (χ0n) is 18.1. The van der Waals surface area contributed by atoms with E-state index in [-0.39, 0.29) is 22.2 Å². The Morgan fingerprint density at radius 3 is 2.91 bits per heavy atom. The number of rotatable bonds is 8. The second-order valence-electron chi connectivity index (χ2n) is 7.26. The fourth-order valence-corrected chi connectivity index (χ4v) is 6.68. The maximum atomic E-state index is 12.9. The molecular weight excluding hydrogens is 500 g/mol. The Labute approximate surface area is 207 Å². The summed E-state index contributed by atoms with van der Waals surface area (Å²) in [6.45, 7) is 0. The van der Waals surface area contributed by atoms with Crippen LogP contribution in [0.2, 0.25) is 0 Å². The third-order valence-corrected chi connectivity index (χ3v) is 8.44. The van der Waals surface area contributed by atoms with Gasteiger partial charge in [-0.1, -0.05) is 11.2 Å². The van der Waals surface area contributed by atoms with E-state index in [1.807, 2.05) is 36.0 Å².